The lowest BCUT2D eigenvalue weighted by atomic mass is 10.1. The Morgan fingerprint density at radius 1 is 1.39 bits per heavy atom. The number of rotatable bonds is 4. The number of aryl methyl sites for hydroxylation is 1. The number of hydrogen-bond acceptors (Lipinski definition) is 4. The number of benzene rings is 1. The summed E-state index contributed by atoms with van der Waals surface area (Å²) in [7, 11) is 0. The highest BCUT2D eigenvalue weighted by Gasteiger charge is 2.14. The first-order valence-electron chi connectivity index (χ1n) is 6.27. The zero-order valence-electron chi connectivity index (χ0n) is 11.1. The van der Waals surface area contributed by atoms with Crippen molar-refractivity contribution < 1.29 is 0 Å². The molecule has 0 fully saturated rings. The predicted molar refractivity (Wildman–Crippen MR) is 72.0 cm³/mol. The third-order valence-electron chi connectivity index (χ3n) is 3.15. The summed E-state index contributed by atoms with van der Waals surface area (Å²) < 4.78 is 1.87. The van der Waals surface area contributed by atoms with Crippen molar-refractivity contribution >= 4 is 5.69 Å². The van der Waals surface area contributed by atoms with Gasteiger partial charge in [0, 0.05) is 11.3 Å². The zero-order chi connectivity index (χ0) is 13.1. The van der Waals surface area contributed by atoms with Gasteiger partial charge in [-0.1, -0.05) is 25.5 Å². The van der Waals surface area contributed by atoms with Crippen molar-refractivity contribution in [2.45, 2.75) is 39.7 Å². The van der Waals surface area contributed by atoms with E-state index in [9.17, 15) is 0 Å². The monoisotopic (exact) mass is 245 g/mol. The van der Waals surface area contributed by atoms with Crippen molar-refractivity contribution in [3.05, 3.63) is 23.8 Å². The Bertz CT molecular complexity index is 532. The van der Waals surface area contributed by atoms with Crippen LogP contribution in [-0.4, -0.2) is 20.2 Å². The first-order valence-corrected chi connectivity index (χ1v) is 6.27. The summed E-state index contributed by atoms with van der Waals surface area (Å²) >= 11 is 0. The van der Waals surface area contributed by atoms with Crippen LogP contribution in [0.2, 0.25) is 0 Å². The highest BCUT2D eigenvalue weighted by Crippen LogP contribution is 2.24. The van der Waals surface area contributed by atoms with Crippen molar-refractivity contribution in [2.75, 3.05) is 5.73 Å². The highest BCUT2D eigenvalue weighted by molar-refractivity contribution is 5.63. The summed E-state index contributed by atoms with van der Waals surface area (Å²) in [6, 6.07) is 6.22. The Morgan fingerprint density at radius 3 is 2.83 bits per heavy atom. The molecule has 18 heavy (non-hydrogen) atoms. The summed E-state index contributed by atoms with van der Waals surface area (Å²) in [5.74, 6) is 0.780. The maximum Gasteiger partial charge on any atom is 0.182 e. The molecule has 0 saturated carbocycles. The van der Waals surface area contributed by atoms with Gasteiger partial charge in [0.1, 0.15) is 0 Å². The first-order chi connectivity index (χ1) is 8.63. The van der Waals surface area contributed by atoms with Gasteiger partial charge in [-0.25, -0.2) is 4.68 Å². The van der Waals surface area contributed by atoms with E-state index in [1.54, 1.807) is 0 Å². The van der Waals surface area contributed by atoms with Gasteiger partial charge in [0.05, 0.1) is 6.04 Å². The fraction of sp³-hybridized carbons (Fsp3) is 0.462. The van der Waals surface area contributed by atoms with Gasteiger partial charge in [-0.05, 0) is 42.3 Å². The fourth-order valence-electron chi connectivity index (χ4n) is 2.00. The number of aromatic nitrogens is 4. The maximum atomic E-state index is 5.93. The maximum absolute atomic E-state index is 5.93. The molecule has 2 N–H and O–H groups in total. The van der Waals surface area contributed by atoms with E-state index in [0.717, 1.165) is 35.5 Å². The Hall–Kier alpha value is -1.91. The summed E-state index contributed by atoms with van der Waals surface area (Å²) in [5, 5.41) is 12.0. The molecule has 0 aliphatic carbocycles. The third kappa shape index (κ3) is 2.34. The molecule has 5 heteroatoms. The van der Waals surface area contributed by atoms with Crippen molar-refractivity contribution in [1.29, 1.82) is 0 Å². The second-order valence-electron chi connectivity index (χ2n) is 4.66. The second-order valence-corrected chi connectivity index (χ2v) is 4.66. The van der Waals surface area contributed by atoms with E-state index < -0.39 is 0 Å². The van der Waals surface area contributed by atoms with Gasteiger partial charge in [-0.2, -0.15) is 0 Å². The van der Waals surface area contributed by atoms with E-state index >= 15 is 0 Å². The molecule has 2 rings (SSSR count). The number of nitrogens with zero attached hydrogens (tertiary/aromatic N) is 4. The lowest BCUT2D eigenvalue weighted by Gasteiger charge is -2.12. The summed E-state index contributed by atoms with van der Waals surface area (Å²) in [6.45, 7) is 6.27. The highest BCUT2D eigenvalue weighted by atomic mass is 15.5. The van der Waals surface area contributed by atoms with Crippen LogP contribution in [0.5, 0.6) is 0 Å². The molecule has 1 atom stereocenters. The first kappa shape index (κ1) is 12.5. The Kier molecular flexibility index (Phi) is 3.60. The van der Waals surface area contributed by atoms with Crippen LogP contribution in [0.3, 0.4) is 0 Å². The van der Waals surface area contributed by atoms with Crippen molar-refractivity contribution in [3.63, 3.8) is 0 Å². The molecule has 0 saturated heterocycles. The molecular weight excluding hydrogens is 226 g/mol. The summed E-state index contributed by atoms with van der Waals surface area (Å²) in [4.78, 5) is 0. The molecule has 0 amide bonds. The third-order valence-corrected chi connectivity index (χ3v) is 3.15. The lowest BCUT2D eigenvalue weighted by molar-refractivity contribution is 0.447. The van der Waals surface area contributed by atoms with Crippen molar-refractivity contribution in [3.8, 4) is 11.4 Å². The molecule has 0 radical (unpaired) electrons. The van der Waals surface area contributed by atoms with Crippen molar-refractivity contribution in [2.24, 2.45) is 0 Å². The SMILES string of the molecule is CCCC(C)n1nnnc1-c1ccc(C)c(N)c1. The molecule has 0 bridgehead atoms. The predicted octanol–water partition coefficient (Wildman–Crippen LogP) is 2.59. The molecule has 96 valence electrons. The van der Waals surface area contributed by atoms with E-state index in [0.29, 0.717) is 6.04 Å². The van der Waals surface area contributed by atoms with Crippen LogP contribution in [0, 0.1) is 6.92 Å². The molecule has 0 spiro atoms. The number of hydrogen-bond donors (Lipinski definition) is 1. The van der Waals surface area contributed by atoms with Crippen molar-refractivity contribution in [1.82, 2.24) is 20.2 Å². The van der Waals surface area contributed by atoms with Crippen LogP contribution in [0.25, 0.3) is 11.4 Å². The molecule has 0 aliphatic heterocycles. The minimum Gasteiger partial charge on any atom is -0.398 e. The van der Waals surface area contributed by atoms with Crippen LogP contribution in [0.15, 0.2) is 18.2 Å². The smallest absolute Gasteiger partial charge is 0.182 e. The molecule has 2 aromatic rings. The second kappa shape index (κ2) is 5.16. The Morgan fingerprint density at radius 2 is 2.17 bits per heavy atom. The number of anilines is 1. The Balaban J connectivity index is 2.39. The molecule has 1 unspecified atom stereocenters. The topological polar surface area (TPSA) is 69.6 Å². The van der Waals surface area contributed by atoms with Crippen LogP contribution in [0.1, 0.15) is 38.3 Å². The minimum atomic E-state index is 0.294. The van der Waals surface area contributed by atoms with E-state index in [1.165, 1.54) is 0 Å². The van der Waals surface area contributed by atoms with Crippen LogP contribution in [-0.2, 0) is 0 Å². The fourth-order valence-corrected chi connectivity index (χ4v) is 2.00. The average Bonchev–Trinajstić information content (AvgIpc) is 2.82. The molecule has 5 nitrogen and oxygen atoms in total. The van der Waals surface area contributed by atoms with Gasteiger partial charge >= 0.3 is 0 Å². The van der Waals surface area contributed by atoms with Gasteiger partial charge in [0.25, 0.3) is 0 Å². The van der Waals surface area contributed by atoms with Crippen LogP contribution >= 0.6 is 0 Å². The van der Waals surface area contributed by atoms with Crippen LogP contribution in [0.4, 0.5) is 5.69 Å². The molecule has 0 aliphatic rings. The quantitative estimate of drug-likeness (QED) is 0.840. The van der Waals surface area contributed by atoms with E-state index in [2.05, 4.69) is 29.4 Å². The largest absolute Gasteiger partial charge is 0.398 e. The lowest BCUT2D eigenvalue weighted by Crippen LogP contribution is -2.09. The van der Waals surface area contributed by atoms with Gasteiger partial charge in [0.2, 0.25) is 0 Å². The summed E-state index contributed by atoms with van der Waals surface area (Å²) in [5.41, 5.74) is 8.74. The number of nitrogens with two attached hydrogens (primary N) is 1. The van der Waals surface area contributed by atoms with Gasteiger partial charge in [-0.3, -0.25) is 0 Å². The van der Waals surface area contributed by atoms with E-state index in [1.807, 2.05) is 29.8 Å². The van der Waals surface area contributed by atoms with E-state index in [-0.39, 0.29) is 0 Å². The number of nitrogen functional groups attached to an aromatic ring is 1. The normalized spacial score (nSPS) is 12.6. The summed E-state index contributed by atoms with van der Waals surface area (Å²) in [6.07, 6.45) is 2.16. The molecule has 1 heterocycles. The molecular formula is C13H19N5. The molecule has 1 aromatic carbocycles. The van der Waals surface area contributed by atoms with Gasteiger partial charge in [-0.15, -0.1) is 5.10 Å². The van der Waals surface area contributed by atoms with Gasteiger partial charge < -0.3 is 5.73 Å². The van der Waals surface area contributed by atoms with E-state index in [4.69, 9.17) is 5.73 Å². The minimum absolute atomic E-state index is 0.294. The zero-order valence-corrected chi connectivity index (χ0v) is 11.1. The molecule has 1 aromatic heterocycles. The van der Waals surface area contributed by atoms with Crippen LogP contribution < -0.4 is 5.73 Å². The average molecular weight is 245 g/mol. The number of tetrazole rings is 1. The Labute approximate surface area is 107 Å². The standard InChI is InChI=1S/C13H19N5/c1-4-5-10(3)18-13(15-16-17-18)11-7-6-9(2)12(14)8-11/h6-8,10H,4-5,14H2,1-3H3. The van der Waals surface area contributed by atoms with Gasteiger partial charge in [0.15, 0.2) is 5.82 Å².